The first kappa shape index (κ1) is 25.8. The predicted molar refractivity (Wildman–Crippen MR) is 148 cm³/mol. The molecule has 0 unspecified atom stereocenters. The third-order valence-corrected chi connectivity index (χ3v) is 7.86. The molecule has 1 fully saturated rings. The van der Waals surface area contributed by atoms with Crippen LogP contribution in [0.15, 0.2) is 30.5 Å². The van der Waals surface area contributed by atoms with Crippen molar-refractivity contribution in [3.05, 3.63) is 59.2 Å². The Morgan fingerprint density at radius 1 is 1.05 bits per heavy atom. The highest BCUT2D eigenvalue weighted by Crippen LogP contribution is 2.36. The minimum absolute atomic E-state index is 0.0413. The lowest BCUT2D eigenvalue weighted by molar-refractivity contribution is 0.224. The standard InChI is InChI=1S/C29H34F2N8/c1-18-33-28-22(30)14-20(15-25(28)39(18)21-6-4-5-7-21)27-23(31)16-32-29(36-27)35-26-9-8-19-17-38(13-12-37(2)3)11-10-24(19)34-26/h8-9,14-16,21H,4-7,10-13,17H2,1-3H3,(H,32,34,35,36). The van der Waals surface area contributed by atoms with Crippen LogP contribution >= 0.6 is 0 Å². The summed E-state index contributed by atoms with van der Waals surface area (Å²) in [7, 11) is 4.17. The van der Waals surface area contributed by atoms with Gasteiger partial charge in [-0.05, 0) is 57.6 Å². The van der Waals surface area contributed by atoms with Crippen LogP contribution in [0.2, 0.25) is 0 Å². The maximum Gasteiger partial charge on any atom is 0.229 e. The van der Waals surface area contributed by atoms with E-state index in [1.54, 1.807) is 6.07 Å². The first-order valence-corrected chi connectivity index (χ1v) is 13.7. The number of imidazole rings is 1. The fraction of sp³-hybridized carbons (Fsp3) is 0.448. The van der Waals surface area contributed by atoms with Crippen molar-refractivity contribution in [3.8, 4) is 11.3 Å². The number of likely N-dealkylation sites (N-methyl/N-ethyl adjacent to an activating group) is 1. The molecule has 204 valence electrons. The summed E-state index contributed by atoms with van der Waals surface area (Å²) in [6.07, 6.45) is 6.35. The number of halogens is 2. The number of hydrogen-bond donors (Lipinski definition) is 1. The molecule has 1 saturated carbocycles. The van der Waals surface area contributed by atoms with Crippen molar-refractivity contribution in [1.29, 1.82) is 0 Å². The average Bonchev–Trinajstić information content (AvgIpc) is 3.56. The van der Waals surface area contributed by atoms with Crippen LogP contribution in [0.25, 0.3) is 22.3 Å². The number of hydrogen-bond acceptors (Lipinski definition) is 7. The van der Waals surface area contributed by atoms with Gasteiger partial charge in [-0.3, -0.25) is 4.90 Å². The Morgan fingerprint density at radius 2 is 1.87 bits per heavy atom. The second-order valence-electron chi connectivity index (χ2n) is 10.9. The van der Waals surface area contributed by atoms with Crippen LogP contribution in [0, 0.1) is 18.6 Å². The molecule has 1 aromatic carbocycles. The Hall–Kier alpha value is -3.50. The van der Waals surface area contributed by atoms with Crippen LogP contribution < -0.4 is 5.32 Å². The summed E-state index contributed by atoms with van der Waals surface area (Å²) >= 11 is 0. The molecule has 6 rings (SSSR count). The highest BCUT2D eigenvalue weighted by molar-refractivity contribution is 5.83. The summed E-state index contributed by atoms with van der Waals surface area (Å²) in [6, 6.07) is 7.36. The minimum Gasteiger partial charge on any atom is -0.325 e. The van der Waals surface area contributed by atoms with Crippen LogP contribution in [-0.4, -0.2) is 68.0 Å². The first-order chi connectivity index (χ1) is 18.9. The van der Waals surface area contributed by atoms with E-state index in [9.17, 15) is 4.39 Å². The van der Waals surface area contributed by atoms with Crippen molar-refractivity contribution in [1.82, 2.24) is 34.3 Å². The normalized spacial score (nSPS) is 16.4. The van der Waals surface area contributed by atoms with Crippen molar-refractivity contribution in [2.45, 2.75) is 51.6 Å². The third-order valence-electron chi connectivity index (χ3n) is 7.86. The van der Waals surface area contributed by atoms with Crippen molar-refractivity contribution in [2.24, 2.45) is 0 Å². The Morgan fingerprint density at radius 3 is 2.67 bits per heavy atom. The van der Waals surface area contributed by atoms with E-state index >= 15 is 4.39 Å². The minimum atomic E-state index is -0.612. The molecule has 0 radical (unpaired) electrons. The number of nitrogens with one attached hydrogen (secondary N) is 1. The molecular weight excluding hydrogens is 498 g/mol. The zero-order chi connectivity index (χ0) is 27.1. The fourth-order valence-electron chi connectivity index (χ4n) is 5.85. The molecule has 1 N–H and O–H groups in total. The van der Waals surface area contributed by atoms with E-state index in [4.69, 9.17) is 4.98 Å². The number of aryl methyl sites for hydroxylation is 1. The van der Waals surface area contributed by atoms with Gasteiger partial charge in [0.05, 0.1) is 11.7 Å². The summed E-state index contributed by atoms with van der Waals surface area (Å²) in [4.78, 5) is 22.5. The van der Waals surface area contributed by atoms with Gasteiger partial charge >= 0.3 is 0 Å². The number of fused-ring (bicyclic) bond motifs is 2. The van der Waals surface area contributed by atoms with Crippen LogP contribution in [0.1, 0.15) is 48.8 Å². The molecule has 0 saturated heterocycles. The summed E-state index contributed by atoms with van der Waals surface area (Å²) in [6.45, 7) is 5.77. The average molecular weight is 533 g/mol. The molecule has 1 aliphatic carbocycles. The zero-order valence-electron chi connectivity index (χ0n) is 22.7. The van der Waals surface area contributed by atoms with Gasteiger partial charge < -0.3 is 14.8 Å². The number of benzene rings is 1. The predicted octanol–water partition coefficient (Wildman–Crippen LogP) is 5.25. The Labute approximate surface area is 227 Å². The second-order valence-corrected chi connectivity index (χ2v) is 10.9. The largest absolute Gasteiger partial charge is 0.325 e. The van der Waals surface area contributed by atoms with Crippen molar-refractivity contribution >= 4 is 22.8 Å². The van der Waals surface area contributed by atoms with Crippen LogP contribution in [-0.2, 0) is 13.0 Å². The molecule has 8 nitrogen and oxygen atoms in total. The number of anilines is 2. The first-order valence-electron chi connectivity index (χ1n) is 13.7. The van der Waals surface area contributed by atoms with E-state index in [0.717, 1.165) is 76.0 Å². The summed E-state index contributed by atoms with van der Waals surface area (Å²) in [5.74, 6) is 0.496. The van der Waals surface area contributed by atoms with Gasteiger partial charge in [0.2, 0.25) is 5.95 Å². The molecule has 39 heavy (non-hydrogen) atoms. The van der Waals surface area contributed by atoms with E-state index in [1.807, 2.05) is 13.0 Å². The number of rotatable bonds is 7. The second kappa shape index (κ2) is 10.6. The van der Waals surface area contributed by atoms with Gasteiger partial charge in [0.15, 0.2) is 11.6 Å². The van der Waals surface area contributed by atoms with E-state index < -0.39 is 11.6 Å². The Bertz CT molecular complexity index is 1510. The van der Waals surface area contributed by atoms with Gasteiger partial charge in [0, 0.05) is 49.9 Å². The van der Waals surface area contributed by atoms with Crippen molar-refractivity contribution < 1.29 is 8.78 Å². The zero-order valence-corrected chi connectivity index (χ0v) is 22.7. The van der Waals surface area contributed by atoms with Gasteiger partial charge in [-0.15, -0.1) is 0 Å². The lowest BCUT2D eigenvalue weighted by atomic mass is 10.1. The highest BCUT2D eigenvalue weighted by Gasteiger charge is 2.24. The Balaban J connectivity index is 1.27. The van der Waals surface area contributed by atoms with Crippen molar-refractivity contribution in [2.75, 3.05) is 39.0 Å². The fourth-order valence-corrected chi connectivity index (χ4v) is 5.85. The van der Waals surface area contributed by atoms with E-state index in [-0.39, 0.29) is 17.7 Å². The molecule has 3 aromatic heterocycles. The molecule has 0 bridgehead atoms. The third kappa shape index (κ3) is 5.23. The molecule has 10 heteroatoms. The summed E-state index contributed by atoms with van der Waals surface area (Å²) < 4.78 is 32.3. The Kier molecular flexibility index (Phi) is 6.99. The SMILES string of the molecule is Cc1nc2c(F)cc(-c3nc(Nc4ccc5c(n4)CCN(CCN(C)C)C5)ncc3F)cc2n1C1CCCC1. The quantitative estimate of drug-likeness (QED) is 0.348. The van der Waals surface area contributed by atoms with Gasteiger partial charge in [0.1, 0.15) is 22.9 Å². The summed E-state index contributed by atoms with van der Waals surface area (Å²) in [5, 5.41) is 3.12. The maximum absolute atomic E-state index is 15.2. The molecular formula is C29H34F2N8. The van der Waals surface area contributed by atoms with E-state index in [0.29, 0.717) is 22.4 Å². The number of aromatic nitrogens is 5. The van der Waals surface area contributed by atoms with Crippen LogP contribution in [0.5, 0.6) is 0 Å². The van der Waals surface area contributed by atoms with E-state index in [2.05, 4.69) is 54.8 Å². The molecule has 2 aliphatic rings. The maximum atomic E-state index is 15.2. The monoisotopic (exact) mass is 532 g/mol. The number of nitrogens with zero attached hydrogens (tertiary/aromatic N) is 7. The van der Waals surface area contributed by atoms with Crippen molar-refractivity contribution in [3.63, 3.8) is 0 Å². The number of pyridine rings is 1. The van der Waals surface area contributed by atoms with Gasteiger partial charge in [-0.25, -0.2) is 28.7 Å². The molecule has 0 atom stereocenters. The van der Waals surface area contributed by atoms with Gasteiger partial charge in [-0.1, -0.05) is 18.9 Å². The molecule has 0 spiro atoms. The molecule has 4 aromatic rings. The molecule has 1 aliphatic heterocycles. The summed E-state index contributed by atoms with van der Waals surface area (Å²) in [5.41, 5.74) is 3.65. The molecule has 4 heterocycles. The highest BCUT2D eigenvalue weighted by atomic mass is 19.1. The van der Waals surface area contributed by atoms with Gasteiger partial charge in [-0.2, -0.15) is 0 Å². The van der Waals surface area contributed by atoms with Gasteiger partial charge in [0.25, 0.3) is 0 Å². The topological polar surface area (TPSA) is 75.0 Å². The molecule has 0 amide bonds. The van der Waals surface area contributed by atoms with Crippen LogP contribution in [0.3, 0.4) is 0 Å². The van der Waals surface area contributed by atoms with Crippen LogP contribution in [0.4, 0.5) is 20.5 Å². The smallest absolute Gasteiger partial charge is 0.229 e. The lowest BCUT2D eigenvalue weighted by Gasteiger charge is -2.29. The van der Waals surface area contributed by atoms with E-state index in [1.165, 1.54) is 11.6 Å². The lowest BCUT2D eigenvalue weighted by Crippen LogP contribution is -2.36.